The van der Waals surface area contributed by atoms with Crippen LogP contribution in [0.15, 0.2) is 41.5 Å². The van der Waals surface area contributed by atoms with Crippen LogP contribution in [-0.4, -0.2) is 54.4 Å². The van der Waals surface area contributed by atoms with Crippen molar-refractivity contribution in [1.29, 1.82) is 0 Å². The Balaban J connectivity index is 1.54. The number of guanidine groups is 1. The van der Waals surface area contributed by atoms with Gasteiger partial charge in [0.25, 0.3) is 0 Å². The lowest BCUT2D eigenvalue weighted by Crippen LogP contribution is -2.37. The summed E-state index contributed by atoms with van der Waals surface area (Å²) in [5, 5.41) is 13.6. The van der Waals surface area contributed by atoms with Crippen LogP contribution >= 0.6 is 0 Å². The predicted molar refractivity (Wildman–Crippen MR) is 98.2 cm³/mol. The van der Waals surface area contributed by atoms with E-state index < -0.39 is 0 Å². The Bertz CT molecular complexity index is 664. The number of nitrogens with zero attached hydrogens (tertiary/aromatic N) is 3. The second kappa shape index (κ2) is 9.19. The van der Waals surface area contributed by atoms with Crippen molar-refractivity contribution in [2.45, 2.75) is 19.6 Å². The highest BCUT2D eigenvalue weighted by atomic mass is 16.5. The van der Waals surface area contributed by atoms with Crippen molar-refractivity contribution in [1.82, 2.24) is 25.7 Å². The Morgan fingerprint density at radius 3 is 2.64 bits per heavy atom. The topological polar surface area (TPSA) is 77.6 Å². The van der Waals surface area contributed by atoms with Crippen LogP contribution in [0.3, 0.4) is 0 Å². The van der Waals surface area contributed by atoms with Gasteiger partial charge in [0.2, 0.25) is 0 Å². The van der Waals surface area contributed by atoms with E-state index in [4.69, 9.17) is 4.74 Å². The molecular formula is C18H26N6O. The zero-order valence-corrected chi connectivity index (χ0v) is 14.7. The monoisotopic (exact) mass is 342 g/mol. The number of H-pyrrole nitrogens is 1. The fourth-order valence-electron chi connectivity index (χ4n) is 2.85. The van der Waals surface area contributed by atoms with E-state index in [0.29, 0.717) is 6.54 Å². The van der Waals surface area contributed by atoms with E-state index in [1.54, 1.807) is 13.2 Å². The number of nitrogens with one attached hydrogen (secondary N) is 3. The van der Waals surface area contributed by atoms with E-state index in [-0.39, 0.29) is 0 Å². The van der Waals surface area contributed by atoms with Gasteiger partial charge >= 0.3 is 0 Å². The molecule has 25 heavy (non-hydrogen) atoms. The van der Waals surface area contributed by atoms with Crippen molar-refractivity contribution in [2.24, 2.45) is 4.99 Å². The quantitative estimate of drug-likeness (QED) is 0.541. The molecule has 134 valence electrons. The van der Waals surface area contributed by atoms with Gasteiger partial charge in [-0.15, -0.1) is 0 Å². The maximum atomic E-state index is 5.43. The second-order valence-corrected chi connectivity index (χ2v) is 6.02. The van der Waals surface area contributed by atoms with Crippen molar-refractivity contribution in [3.8, 4) is 0 Å². The fraction of sp³-hybridized carbons (Fsp3) is 0.444. The summed E-state index contributed by atoms with van der Waals surface area (Å²) in [6, 6.07) is 10.5. The highest BCUT2D eigenvalue weighted by molar-refractivity contribution is 5.79. The zero-order valence-electron chi connectivity index (χ0n) is 14.7. The average molecular weight is 342 g/mol. The lowest BCUT2D eigenvalue weighted by Gasteiger charge is -2.27. The summed E-state index contributed by atoms with van der Waals surface area (Å²) in [5.74, 6) is 0.774. The minimum Gasteiger partial charge on any atom is -0.379 e. The lowest BCUT2D eigenvalue weighted by molar-refractivity contribution is 0.0341. The highest BCUT2D eigenvalue weighted by Gasteiger charge is 2.12. The molecule has 0 atom stereocenters. The van der Waals surface area contributed by atoms with Crippen LogP contribution in [-0.2, 0) is 24.4 Å². The van der Waals surface area contributed by atoms with Crippen molar-refractivity contribution in [3.05, 3.63) is 53.3 Å². The molecule has 3 N–H and O–H groups in total. The Hall–Kier alpha value is -2.38. The second-order valence-electron chi connectivity index (χ2n) is 6.02. The highest BCUT2D eigenvalue weighted by Crippen LogP contribution is 2.13. The Morgan fingerprint density at radius 2 is 1.92 bits per heavy atom. The zero-order chi connectivity index (χ0) is 17.3. The predicted octanol–water partition coefficient (Wildman–Crippen LogP) is 1.11. The van der Waals surface area contributed by atoms with E-state index in [2.05, 4.69) is 55.0 Å². The maximum Gasteiger partial charge on any atom is 0.191 e. The molecule has 2 heterocycles. The van der Waals surface area contributed by atoms with Crippen LogP contribution in [0.4, 0.5) is 0 Å². The summed E-state index contributed by atoms with van der Waals surface area (Å²) in [6.45, 7) is 6.00. The van der Waals surface area contributed by atoms with E-state index in [0.717, 1.165) is 51.0 Å². The molecule has 1 aliphatic rings. The van der Waals surface area contributed by atoms with Gasteiger partial charge in [-0.25, -0.2) is 0 Å². The minimum atomic E-state index is 0.662. The summed E-state index contributed by atoms with van der Waals surface area (Å²) in [6.07, 6.45) is 1.75. The van der Waals surface area contributed by atoms with Gasteiger partial charge in [-0.2, -0.15) is 5.10 Å². The third-order valence-corrected chi connectivity index (χ3v) is 4.29. The number of ether oxygens (including phenoxy) is 1. The van der Waals surface area contributed by atoms with Gasteiger partial charge in [0.1, 0.15) is 0 Å². The Kier molecular flexibility index (Phi) is 6.42. The first kappa shape index (κ1) is 17.4. The van der Waals surface area contributed by atoms with E-state index in [1.807, 2.05) is 6.07 Å². The summed E-state index contributed by atoms with van der Waals surface area (Å²) in [7, 11) is 1.78. The molecule has 0 spiro atoms. The van der Waals surface area contributed by atoms with Gasteiger partial charge in [0.15, 0.2) is 5.96 Å². The first-order valence-corrected chi connectivity index (χ1v) is 8.65. The minimum absolute atomic E-state index is 0.662. The molecule has 7 heteroatoms. The first-order chi connectivity index (χ1) is 12.3. The number of aromatic amines is 1. The van der Waals surface area contributed by atoms with Crippen LogP contribution in [0.1, 0.15) is 16.8 Å². The standard InChI is InChI=1S/C18H26N6O/c1-19-18(21-13-17-6-7-22-23-17)20-12-15-4-2-3-5-16(15)14-24-8-10-25-11-9-24/h2-7H,8-14H2,1H3,(H,22,23)(H2,19,20,21). The third kappa shape index (κ3) is 5.30. The Labute approximate surface area is 148 Å². The molecule has 0 amide bonds. The molecule has 0 radical (unpaired) electrons. The summed E-state index contributed by atoms with van der Waals surface area (Å²) in [4.78, 5) is 6.72. The number of morpholine rings is 1. The molecule has 1 saturated heterocycles. The molecule has 3 rings (SSSR count). The summed E-state index contributed by atoms with van der Waals surface area (Å²) >= 11 is 0. The van der Waals surface area contributed by atoms with Gasteiger partial charge in [-0.1, -0.05) is 24.3 Å². The molecule has 1 aliphatic heterocycles. The van der Waals surface area contributed by atoms with Crippen LogP contribution in [0.5, 0.6) is 0 Å². The number of benzene rings is 1. The molecule has 1 aromatic carbocycles. The number of hydrogen-bond donors (Lipinski definition) is 3. The smallest absolute Gasteiger partial charge is 0.191 e. The number of aliphatic imine (C=N–C) groups is 1. The van der Waals surface area contributed by atoms with Gasteiger partial charge in [-0.3, -0.25) is 15.0 Å². The van der Waals surface area contributed by atoms with Crippen molar-refractivity contribution in [3.63, 3.8) is 0 Å². The van der Waals surface area contributed by atoms with Crippen LogP contribution in [0.25, 0.3) is 0 Å². The molecule has 2 aromatic rings. The molecule has 1 aromatic heterocycles. The molecule has 0 unspecified atom stereocenters. The van der Waals surface area contributed by atoms with Crippen molar-refractivity contribution >= 4 is 5.96 Å². The van der Waals surface area contributed by atoms with E-state index >= 15 is 0 Å². The van der Waals surface area contributed by atoms with Crippen molar-refractivity contribution < 1.29 is 4.74 Å². The Morgan fingerprint density at radius 1 is 1.16 bits per heavy atom. The average Bonchev–Trinajstić information content (AvgIpc) is 3.17. The number of rotatable bonds is 6. The first-order valence-electron chi connectivity index (χ1n) is 8.65. The third-order valence-electron chi connectivity index (χ3n) is 4.29. The van der Waals surface area contributed by atoms with E-state index in [1.165, 1.54) is 11.1 Å². The normalized spacial score (nSPS) is 16.0. The van der Waals surface area contributed by atoms with Gasteiger partial charge in [0, 0.05) is 39.4 Å². The molecular weight excluding hydrogens is 316 g/mol. The SMILES string of the molecule is CN=C(NCc1ccn[nH]1)NCc1ccccc1CN1CCOCC1. The summed E-state index contributed by atoms with van der Waals surface area (Å²) in [5.41, 5.74) is 3.66. The summed E-state index contributed by atoms with van der Waals surface area (Å²) < 4.78 is 5.43. The molecule has 0 aliphatic carbocycles. The van der Waals surface area contributed by atoms with Gasteiger partial charge in [0.05, 0.1) is 25.5 Å². The lowest BCUT2D eigenvalue weighted by atomic mass is 10.1. The maximum absolute atomic E-state index is 5.43. The molecule has 1 fully saturated rings. The molecule has 0 saturated carbocycles. The number of aromatic nitrogens is 2. The molecule has 0 bridgehead atoms. The van der Waals surface area contributed by atoms with Gasteiger partial charge in [-0.05, 0) is 17.2 Å². The van der Waals surface area contributed by atoms with Crippen LogP contribution in [0.2, 0.25) is 0 Å². The van der Waals surface area contributed by atoms with E-state index in [9.17, 15) is 0 Å². The van der Waals surface area contributed by atoms with Crippen molar-refractivity contribution in [2.75, 3.05) is 33.4 Å². The largest absolute Gasteiger partial charge is 0.379 e. The number of hydrogen-bond acceptors (Lipinski definition) is 4. The van der Waals surface area contributed by atoms with Gasteiger partial charge < -0.3 is 15.4 Å². The van der Waals surface area contributed by atoms with Crippen LogP contribution < -0.4 is 10.6 Å². The molecule has 7 nitrogen and oxygen atoms in total. The van der Waals surface area contributed by atoms with Crippen LogP contribution in [0, 0.1) is 0 Å². The fourth-order valence-corrected chi connectivity index (χ4v) is 2.85.